The van der Waals surface area contributed by atoms with Crippen molar-refractivity contribution in [2.45, 2.75) is 20.4 Å². The van der Waals surface area contributed by atoms with Crippen LogP contribution in [-0.4, -0.2) is 0 Å². The first kappa shape index (κ1) is 14.2. The van der Waals surface area contributed by atoms with Crippen LogP contribution in [0, 0.1) is 13.8 Å². The highest BCUT2D eigenvalue weighted by atomic mass is 35.5. The summed E-state index contributed by atoms with van der Waals surface area (Å²) < 4.78 is 5.79. The first-order valence-corrected chi connectivity index (χ1v) is 6.70. The monoisotopic (exact) mass is 295 g/mol. The van der Waals surface area contributed by atoms with Gasteiger partial charge >= 0.3 is 0 Å². The van der Waals surface area contributed by atoms with Gasteiger partial charge < -0.3 is 10.5 Å². The summed E-state index contributed by atoms with van der Waals surface area (Å²) in [5.74, 6) is 1.43. The Balaban J connectivity index is 2.29. The SMILES string of the molecule is Cc1cc(Oc2ccc(CN)c(Cl)c2)cc(C)c1Cl. The average molecular weight is 296 g/mol. The lowest BCUT2D eigenvalue weighted by atomic mass is 10.1. The zero-order chi connectivity index (χ0) is 14.0. The predicted octanol–water partition coefficient (Wildman–Crippen LogP) is 4.86. The minimum absolute atomic E-state index is 0.415. The minimum Gasteiger partial charge on any atom is -0.457 e. The Hall–Kier alpha value is -1.22. The number of hydrogen-bond acceptors (Lipinski definition) is 2. The van der Waals surface area contributed by atoms with Crippen molar-refractivity contribution in [3.63, 3.8) is 0 Å². The maximum atomic E-state index is 6.13. The second-order valence-corrected chi connectivity index (χ2v) is 5.22. The van der Waals surface area contributed by atoms with Crippen molar-refractivity contribution in [2.75, 3.05) is 0 Å². The summed E-state index contributed by atoms with van der Waals surface area (Å²) in [6.45, 7) is 4.32. The smallest absolute Gasteiger partial charge is 0.128 e. The first-order valence-electron chi connectivity index (χ1n) is 5.94. The third-order valence-corrected chi connectivity index (χ3v) is 3.84. The summed E-state index contributed by atoms with van der Waals surface area (Å²) in [5, 5.41) is 1.38. The number of ether oxygens (including phenoxy) is 1. The maximum absolute atomic E-state index is 6.13. The highest BCUT2D eigenvalue weighted by Gasteiger charge is 2.06. The van der Waals surface area contributed by atoms with Crippen LogP contribution in [0.4, 0.5) is 0 Å². The Bertz CT molecular complexity index is 588. The van der Waals surface area contributed by atoms with Crippen molar-refractivity contribution >= 4 is 23.2 Å². The Morgan fingerprint density at radius 2 is 1.63 bits per heavy atom. The highest BCUT2D eigenvalue weighted by molar-refractivity contribution is 6.32. The molecular weight excluding hydrogens is 281 g/mol. The quantitative estimate of drug-likeness (QED) is 0.877. The van der Waals surface area contributed by atoms with Gasteiger partial charge in [0, 0.05) is 16.6 Å². The van der Waals surface area contributed by atoms with E-state index in [1.807, 2.05) is 38.1 Å². The van der Waals surface area contributed by atoms with Gasteiger partial charge in [-0.15, -0.1) is 0 Å². The lowest BCUT2D eigenvalue weighted by Gasteiger charge is -2.11. The molecule has 0 aliphatic carbocycles. The summed E-state index contributed by atoms with van der Waals surface area (Å²) in [6.07, 6.45) is 0. The molecule has 2 aromatic rings. The first-order chi connectivity index (χ1) is 9.01. The molecule has 4 heteroatoms. The molecule has 0 aliphatic rings. The van der Waals surface area contributed by atoms with E-state index in [1.165, 1.54) is 0 Å². The Labute approximate surface area is 123 Å². The number of halogens is 2. The van der Waals surface area contributed by atoms with E-state index in [0.717, 1.165) is 27.5 Å². The van der Waals surface area contributed by atoms with Crippen LogP contribution in [0.1, 0.15) is 16.7 Å². The van der Waals surface area contributed by atoms with Gasteiger partial charge in [-0.05, 0) is 54.8 Å². The molecule has 0 saturated heterocycles. The zero-order valence-corrected chi connectivity index (χ0v) is 12.3. The molecule has 0 atom stereocenters. The number of rotatable bonds is 3. The van der Waals surface area contributed by atoms with Gasteiger partial charge in [-0.2, -0.15) is 0 Å². The molecule has 19 heavy (non-hydrogen) atoms. The molecule has 0 amide bonds. The topological polar surface area (TPSA) is 35.2 Å². The molecule has 0 bridgehead atoms. The van der Waals surface area contributed by atoms with E-state index in [1.54, 1.807) is 6.07 Å². The lowest BCUT2D eigenvalue weighted by Crippen LogP contribution is -1.97. The van der Waals surface area contributed by atoms with Gasteiger partial charge in [-0.3, -0.25) is 0 Å². The van der Waals surface area contributed by atoms with Crippen LogP contribution >= 0.6 is 23.2 Å². The second kappa shape index (κ2) is 5.83. The molecule has 0 unspecified atom stereocenters. The second-order valence-electron chi connectivity index (χ2n) is 4.43. The average Bonchev–Trinajstić information content (AvgIpc) is 2.36. The van der Waals surface area contributed by atoms with Crippen LogP contribution in [0.25, 0.3) is 0 Å². The van der Waals surface area contributed by atoms with E-state index < -0.39 is 0 Å². The fourth-order valence-electron chi connectivity index (χ4n) is 1.86. The van der Waals surface area contributed by atoms with E-state index >= 15 is 0 Å². The molecule has 0 radical (unpaired) electrons. The van der Waals surface area contributed by atoms with Gasteiger partial charge in [-0.25, -0.2) is 0 Å². The molecule has 2 N–H and O–H groups in total. The number of hydrogen-bond donors (Lipinski definition) is 1. The standard InChI is InChI=1S/C15H15Cl2NO/c1-9-5-13(6-10(2)15(9)17)19-12-4-3-11(8-18)14(16)7-12/h3-7H,8,18H2,1-2H3. The Kier molecular flexibility index (Phi) is 4.35. The fourth-order valence-corrected chi connectivity index (χ4v) is 2.22. The van der Waals surface area contributed by atoms with Crippen molar-refractivity contribution in [2.24, 2.45) is 5.73 Å². The van der Waals surface area contributed by atoms with Crippen LogP contribution < -0.4 is 10.5 Å². The molecule has 100 valence electrons. The van der Waals surface area contributed by atoms with Crippen LogP contribution in [-0.2, 0) is 6.54 Å². The summed E-state index contributed by atoms with van der Waals surface area (Å²) >= 11 is 12.2. The molecule has 2 aromatic carbocycles. The molecule has 2 nitrogen and oxygen atoms in total. The van der Waals surface area contributed by atoms with Crippen LogP contribution in [0.3, 0.4) is 0 Å². The fraction of sp³-hybridized carbons (Fsp3) is 0.200. The van der Waals surface area contributed by atoms with E-state index in [0.29, 0.717) is 17.3 Å². The van der Waals surface area contributed by atoms with Gasteiger partial charge in [-0.1, -0.05) is 29.3 Å². The summed E-state index contributed by atoms with van der Waals surface area (Å²) in [5.41, 5.74) is 8.44. The van der Waals surface area contributed by atoms with Crippen molar-refractivity contribution in [3.8, 4) is 11.5 Å². The Morgan fingerprint density at radius 3 is 2.16 bits per heavy atom. The third-order valence-electron chi connectivity index (χ3n) is 2.89. The lowest BCUT2D eigenvalue weighted by molar-refractivity contribution is 0.481. The zero-order valence-electron chi connectivity index (χ0n) is 10.8. The largest absolute Gasteiger partial charge is 0.457 e. The van der Waals surface area contributed by atoms with Gasteiger partial charge in [0.2, 0.25) is 0 Å². The Morgan fingerprint density at radius 1 is 1.00 bits per heavy atom. The maximum Gasteiger partial charge on any atom is 0.128 e. The van der Waals surface area contributed by atoms with Gasteiger partial charge in [0.05, 0.1) is 0 Å². The number of benzene rings is 2. The van der Waals surface area contributed by atoms with Gasteiger partial charge in [0.25, 0.3) is 0 Å². The van der Waals surface area contributed by atoms with E-state index in [-0.39, 0.29) is 0 Å². The number of nitrogens with two attached hydrogens (primary N) is 1. The summed E-state index contributed by atoms with van der Waals surface area (Å²) in [4.78, 5) is 0. The van der Waals surface area contributed by atoms with E-state index in [9.17, 15) is 0 Å². The molecule has 0 heterocycles. The molecule has 0 aromatic heterocycles. The molecular formula is C15H15Cl2NO. The normalized spacial score (nSPS) is 10.6. The van der Waals surface area contributed by atoms with Crippen molar-refractivity contribution in [1.29, 1.82) is 0 Å². The summed E-state index contributed by atoms with van der Waals surface area (Å²) in [7, 11) is 0. The minimum atomic E-state index is 0.415. The molecule has 0 spiro atoms. The van der Waals surface area contributed by atoms with Gasteiger partial charge in [0.1, 0.15) is 11.5 Å². The van der Waals surface area contributed by atoms with Crippen LogP contribution in [0.2, 0.25) is 10.0 Å². The summed E-state index contributed by atoms with van der Waals surface area (Å²) in [6, 6.07) is 9.30. The molecule has 0 aliphatic heterocycles. The number of aryl methyl sites for hydroxylation is 2. The van der Waals surface area contributed by atoms with Crippen LogP contribution in [0.15, 0.2) is 30.3 Å². The molecule has 0 saturated carbocycles. The molecule has 0 fully saturated rings. The van der Waals surface area contributed by atoms with Gasteiger partial charge in [0.15, 0.2) is 0 Å². The van der Waals surface area contributed by atoms with Crippen molar-refractivity contribution in [1.82, 2.24) is 0 Å². The van der Waals surface area contributed by atoms with Crippen molar-refractivity contribution < 1.29 is 4.74 Å². The van der Waals surface area contributed by atoms with Crippen molar-refractivity contribution in [3.05, 3.63) is 57.1 Å². The highest BCUT2D eigenvalue weighted by Crippen LogP contribution is 2.31. The third kappa shape index (κ3) is 3.21. The molecule has 2 rings (SSSR count). The predicted molar refractivity (Wildman–Crippen MR) is 80.3 cm³/mol. The van der Waals surface area contributed by atoms with Crippen LogP contribution in [0.5, 0.6) is 11.5 Å². The van der Waals surface area contributed by atoms with E-state index in [2.05, 4.69) is 0 Å². The van der Waals surface area contributed by atoms with E-state index in [4.69, 9.17) is 33.7 Å².